The van der Waals surface area contributed by atoms with Crippen molar-refractivity contribution in [3.8, 4) is 0 Å². The maximum atomic E-state index is 11.7. The number of alkyl halides is 1. The first kappa shape index (κ1) is 22.8. The van der Waals surface area contributed by atoms with Crippen LogP contribution in [0, 0.1) is 0 Å². The summed E-state index contributed by atoms with van der Waals surface area (Å²) < 4.78 is 24.1. The van der Waals surface area contributed by atoms with Crippen molar-refractivity contribution >= 4 is 33.2 Å². The van der Waals surface area contributed by atoms with Crippen LogP contribution < -0.4 is 10.0 Å². The van der Waals surface area contributed by atoms with E-state index in [0.717, 1.165) is 37.2 Å². The van der Waals surface area contributed by atoms with Crippen LogP contribution in [-0.2, 0) is 10.0 Å². The van der Waals surface area contributed by atoms with E-state index in [-0.39, 0.29) is 0 Å². The molecule has 0 unspecified atom stereocenters. The van der Waals surface area contributed by atoms with Gasteiger partial charge in [-0.05, 0) is 37.1 Å². The first-order chi connectivity index (χ1) is 12.4. The van der Waals surface area contributed by atoms with E-state index in [1.165, 1.54) is 44.9 Å². The molecule has 0 saturated carbocycles. The Hall–Kier alpha value is -1.27. The lowest BCUT2D eigenvalue weighted by Crippen LogP contribution is -2.29. The van der Waals surface area contributed by atoms with Crippen LogP contribution in [0.15, 0.2) is 24.3 Å². The van der Waals surface area contributed by atoms with Crippen molar-refractivity contribution in [1.82, 2.24) is 4.72 Å². The Morgan fingerprint density at radius 1 is 0.885 bits per heavy atom. The molecule has 0 aliphatic rings. The van der Waals surface area contributed by atoms with Gasteiger partial charge >= 0.3 is 0 Å². The minimum absolute atomic E-state index is 0.326. The maximum Gasteiger partial charge on any atom is 0.264 e. The Bertz CT molecular complexity index is 618. The minimum Gasteiger partial charge on any atom is -0.385 e. The van der Waals surface area contributed by atoms with Gasteiger partial charge in [-0.2, -0.15) is 0 Å². The molecule has 1 aromatic carbocycles. The number of unbranched alkanes of at least 4 members (excludes halogenated alkanes) is 8. The largest absolute Gasteiger partial charge is 0.385 e. The normalized spacial score (nSPS) is 11.3. The van der Waals surface area contributed by atoms with Gasteiger partial charge < -0.3 is 5.32 Å². The summed E-state index contributed by atoms with van der Waals surface area (Å²) in [4.78, 5) is 11.7. The first-order valence-corrected chi connectivity index (χ1v) is 11.8. The molecule has 0 bridgehead atoms. The predicted molar refractivity (Wildman–Crippen MR) is 110 cm³/mol. The number of amides is 1. The molecule has 0 spiro atoms. The first-order valence-electron chi connectivity index (χ1n) is 9.34. The van der Waals surface area contributed by atoms with Gasteiger partial charge in [0.05, 0.1) is 6.26 Å². The van der Waals surface area contributed by atoms with Crippen LogP contribution in [0.2, 0.25) is 0 Å². The lowest BCUT2D eigenvalue weighted by atomic mass is 10.1. The summed E-state index contributed by atoms with van der Waals surface area (Å²) in [6.45, 7) is 0.893. The van der Waals surface area contributed by atoms with Gasteiger partial charge in [0.1, 0.15) is 0 Å². The number of halogens is 1. The molecule has 7 heteroatoms. The topological polar surface area (TPSA) is 75.3 Å². The molecular weight excluding hydrogens is 372 g/mol. The van der Waals surface area contributed by atoms with E-state index >= 15 is 0 Å². The van der Waals surface area contributed by atoms with E-state index in [4.69, 9.17) is 11.6 Å². The smallest absolute Gasteiger partial charge is 0.264 e. The van der Waals surface area contributed by atoms with Crippen LogP contribution in [0.25, 0.3) is 0 Å². The van der Waals surface area contributed by atoms with E-state index in [1.54, 1.807) is 24.3 Å². The molecule has 0 heterocycles. The average molecular weight is 403 g/mol. The van der Waals surface area contributed by atoms with E-state index < -0.39 is 15.9 Å². The zero-order valence-corrected chi connectivity index (χ0v) is 17.2. The van der Waals surface area contributed by atoms with Gasteiger partial charge in [-0.3, -0.25) is 4.79 Å². The molecule has 1 rings (SSSR count). The fourth-order valence-electron chi connectivity index (χ4n) is 2.66. The van der Waals surface area contributed by atoms with Crippen LogP contribution >= 0.6 is 11.6 Å². The SMILES string of the molecule is CS(=O)(=O)NC(=O)c1ccc(NCCCCCCCCCCCCl)cc1. The minimum atomic E-state index is -3.54. The van der Waals surface area contributed by atoms with Crippen molar-refractivity contribution in [3.05, 3.63) is 29.8 Å². The summed E-state index contributed by atoms with van der Waals surface area (Å²) in [5, 5.41) is 3.32. The van der Waals surface area contributed by atoms with Crippen LogP contribution in [0.1, 0.15) is 68.1 Å². The van der Waals surface area contributed by atoms with Gasteiger partial charge in [0.15, 0.2) is 0 Å². The molecule has 2 N–H and O–H groups in total. The molecule has 0 aliphatic heterocycles. The molecule has 0 fully saturated rings. The summed E-state index contributed by atoms with van der Waals surface area (Å²) >= 11 is 5.66. The third kappa shape index (κ3) is 11.4. The molecule has 5 nitrogen and oxygen atoms in total. The highest BCUT2D eigenvalue weighted by Gasteiger charge is 2.10. The van der Waals surface area contributed by atoms with Crippen molar-refractivity contribution in [2.24, 2.45) is 0 Å². The summed E-state index contributed by atoms with van der Waals surface area (Å²) in [5.74, 6) is 0.172. The number of anilines is 1. The number of hydrogen-bond acceptors (Lipinski definition) is 4. The molecule has 0 radical (unpaired) electrons. The van der Waals surface area contributed by atoms with Crippen molar-refractivity contribution in [2.45, 2.75) is 57.8 Å². The molecule has 0 atom stereocenters. The molecule has 1 aromatic rings. The third-order valence-corrected chi connectivity index (χ3v) is 4.89. The highest BCUT2D eigenvalue weighted by Crippen LogP contribution is 2.12. The zero-order valence-electron chi connectivity index (χ0n) is 15.6. The average Bonchev–Trinajstić information content (AvgIpc) is 2.58. The second kappa shape index (κ2) is 13.0. The monoisotopic (exact) mass is 402 g/mol. The number of rotatable bonds is 14. The third-order valence-electron chi connectivity index (χ3n) is 4.06. The number of carbonyl (C=O) groups is 1. The number of sulfonamides is 1. The quantitative estimate of drug-likeness (QED) is 0.354. The van der Waals surface area contributed by atoms with Crippen LogP contribution in [-0.4, -0.2) is 33.0 Å². The van der Waals surface area contributed by atoms with Crippen molar-refractivity contribution in [3.63, 3.8) is 0 Å². The highest BCUT2D eigenvalue weighted by molar-refractivity contribution is 7.89. The number of carbonyl (C=O) groups excluding carboxylic acids is 1. The summed E-state index contributed by atoms with van der Waals surface area (Å²) in [5.41, 5.74) is 1.26. The summed E-state index contributed by atoms with van der Waals surface area (Å²) in [6, 6.07) is 6.82. The maximum absolute atomic E-state index is 11.7. The second-order valence-corrected chi connectivity index (χ2v) is 8.70. The number of benzene rings is 1. The number of nitrogens with one attached hydrogen (secondary N) is 2. The standard InChI is InChI=1S/C19H31ClN2O3S/c1-26(24,25)22-19(23)17-11-13-18(14-12-17)21-16-10-8-6-4-2-3-5-7-9-15-20/h11-14,21H,2-10,15-16H2,1H3,(H,22,23). The number of hydrogen-bond donors (Lipinski definition) is 2. The van der Waals surface area contributed by atoms with Crippen LogP contribution in [0.3, 0.4) is 0 Å². The molecular formula is C19H31ClN2O3S. The van der Waals surface area contributed by atoms with Crippen LogP contribution in [0.4, 0.5) is 5.69 Å². The van der Waals surface area contributed by atoms with Gasteiger partial charge in [0, 0.05) is 23.7 Å². The second-order valence-electron chi connectivity index (χ2n) is 6.58. The molecule has 0 aromatic heterocycles. The van der Waals surface area contributed by atoms with Crippen LogP contribution in [0.5, 0.6) is 0 Å². The molecule has 1 amide bonds. The lowest BCUT2D eigenvalue weighted by Gasteiger charge is -2.08. The molecule has 26 heavy (non-hydrogen) atoms. The Balaban J connectivity index is 2.10. The molecule has 148 valence electrons. The fraction of sp³-hybridized carbons (Fsp3) is 0.632. The lowest BCUT2D eigenvalue weighted by molar-refractivity contribution is 0.0981. The Labute approximate surface area is 163 Å². The Morgan fingerprint density at radius 3 is 1.88 bits per heavy atom. The van der Waals surface area contributed by atoms with Crippen molar-refractivity contribution in [2.75, 3.05) is 24.0 Å². The van der Waals surface area contributed by atoms with E-state index in [1.807, 2.05) is 4.72 Å². The molecule has 0 saturated heterocycles. The van der Waals surface area contributed by atoms with Crippen molar-refractivity contribution < 1.29 is 13.2 Å². The van der Waals surface area contributed by atoms with Gasteiger partial charge in [-0.15, -0.1) is 11.6 Å². The summed E-state index contributed by atoms with van der Waals surface area (Å²) in [6.07, 6.45) is 12.2. The van der Waals surface area contributed by atoms with E-state index in [2.05, 4.69) is 5.32 Å². The molecule has 0 aliphatic carbocycles. The predicted octanol–water partition coefficient (Wildman–Crippen LogP) is 4.54. The van der Waals surface area contributed by atoms with E-state index in [9.17, 15) is 13.2 Å². The van der Waals surface area contributed by atoms with Gasteiger partial charge in [0.25, 0.3) is 5.91 Å². The zero-order chi connectivity index (χ0) is 19.3. The Morgan fingerprint density at radius 2 is 1.38 bits per heavy atom. The van der Waals surface area contributed by atoms with E-state index in [0.29, 0.717) is 5.56 Å². The van der Waals surface area contributed by atoms with Gasteiger partial charge in [0.2, 0.25) is 10.0 Å². The van der Waals surface area contributed by atoms with Crippen molar-refractivity contribution in [1.29, 1.82) is 0 Å². The highest BCUT2D eigenvalue weighted by atomic mass is 35.5. The fourth-order valence-corrected chi connectivity index (χ4v) is 3.30. The summed E-state index contributed by atoms with van der Waals surface area (Å²) in [7, 11) is -3.54. The van der Waals surface area contributed by atoms with Gasteiger partial charge in [-0.1, -0.05) is 44.9 Å². The van der Waals surface area contributed by atoms with Gasteiger partial charge in [-0.25, -0.2) is 13.1 Å². The Kier molecular flexibility index (Phi) is 11.4.